The van der Waals surface area contributed by atoms with E-state index in [-0.39, 0.29) is 54.7 Å². The number of nitrogens with one attached hydrogen (secondary N) is 4. The van der Waals surface area contributed by atoms with Crippen molar-refractivity contribution in [3.63, 3.8) is 0 Å². The molecule has 5 atom stereocenters. The van der Waals surface area contributed by atoms with E-state index in [1.807, 2.05) is 13.8 Å². The summed E-state index contributed by atoms with van der Waals surface area (Å²) < 4.78 is 0. The summed E-state index contributed by atoms with van der Waals surface area (Å²) in [6.07, 6.45) is 0. The van der Waals surface area contributed by atoms with Crippen molar-refractivity contribution in [1.82, 2.24) is 0 Å². The minimum atomic E-state index is -1.60. The molecule has 5 rings (SSSR count). The van der Waals surface area contributed by atoms with Gasteiger partial charge in [-0.1, -0.05) is 47.5 Å². The molecule has 0 radical (unpaired) electrons. The zero-order valence-corrected chi connectivity index (χ0v) is 39.1. The van der Waals surface area contributed by atoms with Crippen molar-refractivity contribution >= 4 is 127 Å². The number of carbonyl (C=O) groups is 6. The Morgan fingerprint density at radius 1 is 0.477 bits per heavy atom. The SMILES string of the molecule is CC(=O)C(N=Nc1ccc(Cl)c(C(=O)Nc2ccc(C(C)Cl)cc2)c1)C(=O)Nc1ccc(NC(=O)C(N=Nc2ccc(Cl)c(C(=O)Nc3ccc(C(C)Cl)cc3)c2)C(C)=O)c(C(C)Cl)c1. The highest BCUT2D eigenvalue weighted by Gasteiger charge is 2.27. The van der Waals surface area contributed by atoms with Gasteiger partial charge in [-0.05, 0) is 130 Å². The van der Waals surface area contributed by atoms with E-state index in [0.29, 0.717) is 16.9 Å². The van der Waals surface area contributed by atoms with Crippen molar-refractivity contribution < 1.29 is 28.8 Å². The van der Waals surface area contributed by atoms with Crippen LogP contribution in [0, 0.1) is 0 Å². The molecule has 14 nitrogen and oxygen atoms in total. The van der Waals surface area contributed by atoms with Gasteiger partial charge in [0, 0.05) is 22.7 Å². The molecule has 0 aliphatic carbocycles. The lowest BCUT2D eigenvalue weighted by Gasteiger charge is -2.17. The zero-order valence-electron chi connectivity index (χ0n) is 35.3. The van der Waals surface area contributed by atoms with Crippen molar-refractivity contribution in [3.05, 3.63) is 141 Å². The molecule has 0 aromatic heterocycles. The average Bonchev–Trinajstić information content (AvgIpc) is 3.25. The second-order valence-corrected chi connectivity index (χ2v) is 17.3. The maximum absolute atomic E-state index is 13.5. The molecule has 0 saturated carbocycles. The number of hydrogen-bond donors (Lipinski definition) is 4. The van der Waals surface area contributed by atoms with Crippen LogP contribution >= 0.6 is 58.0 Å². The van der Waals surface area contributed by atoms with Crippen molar-refractivity contribution in [1.29, 1.82) is 0 Å². The number of carbonyl (C=O) groups excluding carboxylic acids is 6. The number of rotatable bonds is 17. The van der Waals surface area contributed by atoms with E-state index in [2.05, 4.69) is 41.7 Å². The maximum atomic E-state index is 13.5. The molecule has 336 valence electrons. The number of benzene rings is 5. The number of ketones is 2. The molecule has 5 aromatic carbocycles. The summed E-state index contributed by atoms with van der Waals surface area (Å²) in [7, 11) is 0. The first-order chi connectivity index (χ1) is 30.8. The summed E-state index contributed by atoms with van der Waals surface area (Å²) in [4.78, 5) is 78.3. The van der Waals surface area contributed by atoms with Gasteiger partial charge in [-0.25, -0.2) is 0 Å². The third-order valence-electron chi connectivity index (χ3n) is 9.49. The molecular formula is C46H41Cl5N8O6. The lowest BCUT2D eigenvalue weighted by Crippen LogP contribution is -2.32. The summed E-state index contributed by atoms with van der Waals surface area (Å²) in [6.45, 7) is 7.61. The Labute approximate surface area is 399 Å². The Kier molecular flexibility index (Phi) is 17.5. The van der Waals surface area contributed by atoms with E-state index in [1.54, 1.807) is 55.5 Å². The smallest absolute Gasteiger partial charge is 0.258 e. The van der Waals surface area contributed by atoms with E-state index in [4.69, 9.17) is 58.0 Å². The monoisotopic (exact) mass is 976 g/mol. The van der Waals surface area contributed by atoms with Crippen molar-refractivity contribution in [2.75, 3.05) is 21.3 Å². The fourth-order valence-electron chi connectivity index (χ4n) is 5.94. The molecular weight excluding hydrogens is 938 g/mol. The van der Waals surface area contributed by atoms with Crippen LogP contribution < -0.4 is 21.3 Å². The van der Waals surface area contributed by atoms with Crippen LogP contribution in [0.5, 0.6) is 0 Å². The summed E-state index contributed by atoms with van der Waals surface area (Å²) in [5.41, 5.74) is 3.94. The minimum absolute atomic E-state index is 0.0744. The molecule has 0 bridgehead atoms. The highest BCUT2D eigenvalue weighted by Crippen LogP contribution is 2.32. The molecule has 0 spiro atoms. The van der Waals surface area contributed by atoms with E-state index >= 15 is 0 Å². The molecule has 0 aliphatic rings. The van der Waals surface area contributed by atoms with Crippen LogP contribution in [0.25, 0.3) is 0 Å². The van der Waals surface area contributed by atoms with Gasteiger partial charge in [-0.2, -0.15) is 20.5 Å². The third kappa shape index (κ3) is 13.7. The lowest BCUT2D eigenvalue weighted by molar-refractivity contribution is -0.127. The number of anilines is 4. The Morgan fingerprint density at radius 2 is 0.877 bits per heavy atom. The first-order valence-electron chi connectivity index (χ1n) is 19.7. The normalized spacial score (nSPS) is 13.6. The van der Waals surface area contributed by atoms with Crippen LogP contribution in [0.3, 0.4) is 0 Å². The van der Waals surface area contributed by atoms with Crippen LogP contribution in [-0.4, -0.2) is 47.3 Å². The predicted octanol–water partition coefficient (Wildman–Crippen LogP) is 12.8. The third-order valence-corrected chi connectivity index (χ3v) is 10.9. The molecule has 0 fully saturated rings. The Bertz CT molecular complexity index is 2670. The lowest BCUT2D eigenvalue weighted by atomic mass is 10.1. The Balaban J connectivity index is 1.26. The number of amides is 4. The molecule has 19 heteroatoms. The van der Waals surface area contributed by atoms with E-state index in [0.717, 1.165) is 11.1 Å². The number of nitrogens with zero attached hydrogens (tertiary/aromatic N) is 4. The van der Waals surface area contributed by atoms with Gasteiger partial charge in [0.1, 0.15) is 0 Å². The van der Waals surface area contributed by atoms with Gasteiger partial charge in [0.05, 0.1) is 48.7 Å². The molecule has 4 amide bonds. The van der Waals surface area contributed by atoms with Gasteiger partial charge >= 0.3 is 0 Å². The zero-order chi connectivity index (χ0) is 47.5. The number of alkyl halides is 3. The van der Waals surface area contributed by atoms with Crippen LogP contribution in [0.1, 0.15) is 88.2 Å². The summed E-state index contributed by atoms with van der Waals surface area (Å²) in [5, 5.41) is 26.0. The summed E-state index contributed by atoms with van der Waals surface area (Å²) >= 11 is 31.4. The Morgan fingerprint density at radius 3 is 1.26 bits per heavy atom. The largest absolute Gasteiger partial charge is 0.324 e. The molecule has 5 unspecified atom stereocenters. The maximum Gasteiger partial charge on any atom is 0.258 e. The number of azo groups is 2. The minimum Gasteiger partial charge on any atom is -0.324 e. The molecule has 0 saturated heterocycles. The van der Waals surface area contributed by atoms with E-state index in [9.17, 15) is 28.8 Å². The summed E-state index contributed by atoms with van der Waals surface area (Å²) in [5.74, 6) is -3.99. The van der Waals surface area contributed by atoms with Crippen molar-refractivity contribution in [2.45, 2.75) is 62.8 Å². The second kappa shape index (κ2) is 22.7. The number of hydrogen-bond acceptors (Lipinski definition) is 10. The number of halogens is 5. The van der Waals surface area contributed by atoms with E-state index in [1.165, 1.54) is 68.4 Å². The molecule has 0 heterocycles. The van der Waals surface area contributed by atoms with Gasteiger partial charge in [-0.3, -0.25) is 28.8 Å². The fraction of sp³-hybridized carbons (Fsp3) is 0.217. The average molecular weight is 979 g/mol. The first kappa shape index (κ1) is 50.0. The molecule has 65 heavy (non-hydrogen) atoms. The van der Waals surface area contributed by atoms with Gasteiger partial charge in [0.2, 0.25) is 12.1 Å². The topological polar surface area (TPSA) is 200 Å². The highest BCUT2D eigenvalue weighted by molar-refractivity contribution is 6.35. The predicted molar refractivity (Wildman–Crippen MR) is 256 cm³/mol. The number of Topliss-reactive ketones (excluding diaryl/α,β-unsaturated/α-hetero) is 2. The quantitative estimate of drug-likeness (QED) is 0.0406. The Hall–Kier alpha value is -6.03. The molecule has 5 aromatic rings. The van der Waals surface area contributed by atoms with Crippen LogP contribution in [0.15, 0.2) is 124 Å². The van der Waals surface area contributed by atoms with Gasteiger partial charge in [0.15, 0.2) is 11.6 Å². The first-order valence-corrected chi connectivity index (χ1v) is 21.8. The van der Waals surface area contributed by atoms with E-state index < -0.39 is 52.7 Å². The van der Waals surface area contributed by atoms with Crippen molar-refractivity contribution in [2.24, 2.45) is 20.5 Å². The van der Waals surface area contributed by atoms with Gasteiger partial charge < -0.3 is 21.3 Å². The van der Waals surface area contributed by atoms with Gasteiger partial charge in [-0.15, -0.1) is 34.8 Å². The standard InChI is InChI=1S/C46H41Cl5N8O6/c1-23(47)28-6-10-30(11-7-28)52-43(62)36-21-33(14-17-38(36)50)56-58-41(26(4)60)45(64)54-32-16-19-40(35(20-32)25(3)49)55-46(65)42(27(5)61)59-57-34-15-18-39(51)37(22-34)44(63)53-31-12-8-29(9-13-31)24(2)48/h6-25,41-42H,1-5H3,(H,52,62)(H,53,63)(H,54,64)(H,55,65). The van der Waals surface area contributed by atoms with Crippen LogP contribution in [-0.2, 0) is 19.2 Å². The highest BCUT2D eigenvalue weighted by atomic mass is 35.5. The van der Waals surface area contributed by atoms with Crippen LogP contribution in [0.4, 0.5) is 34.1 Å². The van der Waals surface area contributed by atoms with Crippen molar-refractivity contribution in [3.8, 4) is 0 Å². The summed E-state index contributed by atoms with van der Waals surface area (Å²) in [6, 6.07) is 23.7. The van der Waals surface area contributed by atoms with Gasteiger partial charge in [0.25, 0.3) is 23.6 Å². The second-order valence-electron chi connectivity index (χ2n) is 14.6. The molecule has 4 N–H and O–H groups in total. The fourth-order valence-corrected chi connectivity index (χ4v) is 6.82. The van der Waals surface area contributed by atoms with Crippen LogP contribution in [0.2, 0.25) is 10.0 Å². The molecule has 0 aliphatic heterocycles.